The van der Waals surface area contributed by atoms with E-state index in [2.05, 4.69) is 36.1 Å². The SMILES string of the molecule is CCCOC(=S)N(Cc1ccccc1)Cc1ccccc1. The summed E-state index contributed by atoms with van der Waals surface area (Å²) in [7, 11) is 0. The van der Waals surface area contributed by atoms with Crippen molar-refractivity contribution in [3.05, 3.63) is 71.8 Å². The maximum Gasteiger partial charge on any atom is 0.259 e. The molecule has 0 aliphatic heterocycles. The van der Waals surface area contributed by atoms with E-state index in [1.807, 2.05) is 36.4 Å². The molecule has 2 rings (SSSR count). The van der Waals surface area contributed by atoms with Crippen LogP contribution in [0.4, 0.5) is 0 Å². The molecule has 0 spiro atoms. The van der Waals surface area contributed by atoms with Gasteiger partial charge in [-0.2, -0.15) is 0 Å². The van der Waals surface area contributed by atoms with Gasteiger partial charge in [-0.05, 0) is 29.8 Å². The van der Waals surface area contributed by atoms with Crippen molar-refractivity contribution in [2.45, 2.75) is 26.4 Å². The van der Waals surface area contributed by atoms with Gasteiger partial charge in [0.2, 0.25) is 0 Å². The summed E-state index contributed by atoms with van der Waals surface area (Å²) in [5, 5.41) is 0.574. The summed E-state index contributed by atoms with van der Waals surface area (Å²) in [6, 6.07) is 20.7. The molecule has 0 atom stereocenters. The van der Waals surface area contributed by atoms with Crippen molar-refractivity contribution < 1.29 is 4.74 Å². The predicted octanol–water partition coefficient (Wildman–Crippen LogP) is 4.40. The first-order chi connectivity index (χ1) is 10.3. The van der Waals surface area contributed by atoms with Crippen LogP contribution < -0.4 is 0 Å². The number of benzene rings is 2. The molecule has 0 fully saturated rings. The van der Waals surface area contributed by atoms with E-state index in [1.54, 1.807) is 0 Å². The van der Waals surface area contributed by atoms with Crippen molar-refractivity contribution >= 4 is 17.4 Å². The minimum atomic E-state index is 0.574. The van der Waals surface area contributed by atoms with E-state index in [9.17, 15) is 0 Å². The van der Waals surface area contributed by atoms with Crippen LogP contribution in [0, 0.1) is 0 Å². The van der Waals surface area contributed by atoms with Crippen molar-refractivity contribution in [3.63, 3.8) is 0 Å². The third kappa shape index (κ3) is 5.20. The Bertz CT molecular complexity index is 500. The molecule has 3 heteroatoms. The van der Waals surface area contributed by atoms with Gasteiger partial charge in [0.05, 0.1) is 6.61 Å². The monoisotopic (exact) mass is 299 g/mol. The van der Waals surface area contributed by atoms with Gasteiger partial charge in [0.15, 0.2) is 0 Å². The lowest BCUT2D eigenvalue weighted by Gasteiger charge is -2.25. The Kier molecular flexibility index (Phi) is 6.22. The van der Waals surface area contributed by atoms with Crippen LogP contribution in [0.5, 0.6) is 0 Å². The second-order valence-electron chi connectivity index (χ2n) is 4.94. The fourth-order valence-corrected chi connectivity index (χ4v) is 2.29. The van der Waals surface area contributed by atoms with E-state index < -0.39 is 0 Å². The number of thiocarbonyl (C=S) groups is 1. The van der Waals surface area contributed by atoms with Crippen LogP contribution in [0.15, 0.2) is 60.7 Å². The largest absolute Gasteiger partial charge is 0.471 e. The molecule has 0 bridgehead atoms. The smallest absolute Gasteiger partial charge is 0.259 e. The molecule has 2 aromatic rings. The van der Waals surface area contributed by atoms with Gasteiger partial charge in [-0.15, -0.1) is 0 Å². The van der Waals surface area contributed by atoms with Crippen LogP contribution in [-0.4, -0.2) is 16.7 Å². The molecule has 0 heterocycles. The Hall–Kier alpha value is -1.87. The average Bonchev–Trinajstić information content (AvgIpc) is 2.54. The van der Waals surface area contributed by atoms with Crippen LogP contribution in [-0.2, 0) is 17.8 Å². The Morgan fingerprint density at radius 1 is 0.905 bits per heavy atom. The van der Waals surface area contributed by atoms with Crippen molar-refractivity contribution in [2.24, 2.45) is 0 Å². The average molecular weight is 299 g/mol. The maximum absolute atomic E-state index is 5.66. The van der Waals surface area contributed by atoms with Crippen LogP contribution in [0.3, 0.4) is 0 Å². The van der Waals surface area contributed by atoms with Crippen molar-refractivity contribution in [2.75, 3.05) is 6.61 Å². The van der Waals surface area contributed by atoms with Gasteiger partial charge in [-0.25, -0.2) is 0 Å². The molecule has 21 heavy (non-hydrogen) atoms. The number of hydrogen-bond donors (Lipinski definition) is 0. The minimum absolute atomic E-state index is 0.574. The quantitative estimate of drug-likeness (QED) is 0.734. The first kappa shape index (κ1) is 15.5. The Labute approximate surface area is 132 Å². The van der Waals surface area contributed by atoms with Gasteiger partial charge in [0.1, 0.15) is 0 Å². The highest BCUT2D eigenvalue weighted by molar-refractivity contribution is 7.80. The third-order valence-corrected chi connectivity index (χ3v) is 3.50. The fourth-order valence-electron chi connectivity index (χ4n) is 2.07. The third-order valence-electron chi connectivity index (χ3n) is 3.12. The van der Waals surface area contributed by atoms with Gasteiger partial charge in [-0.3, -0.25) is 0 Å². The summed E-state index contributed by atoms with van der Waals surface area (Å²) >= 11 is 5.44. The summed E-state index contributed by atoms with van der Waals surface area (Å²) in [6.45, 7) is 4.27. The summed E-state index contributed by atoms with van der Waals surface area (Å²) < 4.78 is 5.66. The Morgan fingerprint density at radius 3 is 1.81 bits per heavy atom. The first-order valence-corrected chi connectivity index (χ1v) is 7.70. The molecular weight excluding hydrogens is 278 g/mol. The van der Waals surface area contributed by atoms with Crippen LogP contribution in [0.25, 0.3) is 0 Å². The molecule has 0 amide bonds. The van der Waals surface area contributed by atoms with E-state index in [-0.39, 0.29) is 0 Å². The van der Waals surface area contributed by atoms with Crippen molar-refractivity contribution in [3.8, 4) is 0 Å². The molecule has 0 radical (unpaired) electrons. The molecule has 0 saturated carbocycles. The molecule has 0 aromatic heterocycles. The van der Waals surface area contributed by atoms with E-state index in [0.717, 1.165) is 19.5 Å². The van der Waals surface area contributed by atoms with Crippen LogP contribution >= 0.6 is 12.2 Å². The molecule has 0 saturated heterocycles. The van der Waals surface area contributed by atoms with Crippen molar-refractivity contribution in [1.29, 1.82) is 0 Å². The molecular formula is C18H21NOS. The predicted molar refractivity (Wildman–Crippen MR) is 91.0 cm³/mol. The summed E-state index contributed by atoms with van der Waals surface area (Å²) in [5.74, 6) is 0. The molecule has 2 aromatic carbocycles. The normalized spacial score (nSPS) is 10.1. The maximum atomic E-state index is 5.66. The first-order valence-electron chi connectivity index (χ1n) is 7.29. The number of ether oxygens (including phenoxy) is 1. The standard InChI is InChI=1S/C18H21NOS/c1-2-13-20-18(21)19(14-16-9-5-3-6-10-16)15-17-11-7-4-8-12-17/h3-12H,2,13-15H2,1H3. The number of nitrogens with zero attached hydrogens (tertiary/aromatic N) is 1. The molecule has 2 nitrogen and oxygen atoms in total. The van der Waals surface area contributed by atoms with E-state index in [4.69, 9.17) is 17.0 Å². The van der Waals surface area contributed by atoms with E-state index in [1.165, 1.54) is 11.1 Å². The van der Waals surface area contributed by atoms with Crippen LogP contribution in [0.2, 0.25) is 0 Å². The molecule has 0 N–H and O–H groups in total. The zero-order chi connectivity index (χ0) is 14.9. The number of rotatable bonds is 6. The van der Waals surface area contributed by atoms with Gasteiger partial charge in [-0.1, -0.05) is 67.6 Å². The van der Waals surface area contributed by atoms with E-state index >= 15 is 0 Å². The Morgan fingerprint density at radius 2 is 1.38 bits per heavy atom. The second kappa shape index (κ2) is 8.42. The number of hydrogen-bond acceptors (Lipinski definition) is 2. The van der Waals surface area contributed by atoms with Crippen LogP contribution in [0.1, 0.15) is 24.5 Å². The van der Waals surface area contributed by atoms with Gasteiger partial charge in [0.25, 0.3) is 5.17 Å². The van der Waals surface area contributed by atoms with Gasteiger partial charge < -0.3 is 9.64 Å². The van der Waals surface area contributed by atoms with E-state index in [0.29, 0.717) is 11.8 Å². The molecule has 110 valence electrons. The topological polar surface area (TPSA) is 12.5 Å². The highest BCUT2D eigenvalue weighted by Gasteiger charge is 2.12. The zero-order valence-electron chi connectivity index (χ0n) is 12.4. The summed E-state index contributed by atoms with van der Waals surface area (Å²) in [5.41, 5.74) is 2.46. The lowest BCUT2D eigenvalue weighted by atomic mass is 10.2. The Balaban J connectivity index is 2.08. The van der Waals surface area contributed by atoms with Gasteiger partial charge in [0, 0.05) is 13.1 Å². The minimum Gasteiger partial charge on any atom is -0.471 e. The van der Waals surface area contributed by atoms with Crippen molar-refractivity contribution in [1.82, 2.24) is 4.90 Å². The molecule has 0 aliphatic rings. The second-order valence-corrected chi connectivity index (χ2v) is 5.29. The highest BCUT2D eigenvalue weighted by atomic mass is 32.1. The van der Waals surface area contributed by atoms with Gasteiger partial charge >= 0.3 is 0 Å². The summed E-state index contributed by atoms with van der Waals surface area (Å²) in [4.78, 5) is 2.11. The highest BCUT2D eigenvalue weighted by Crippen LogP contribution is 2.12. The fraction of sp³-hybridized carbons (Fsp3) is 0.278. The summed E-state index contributed by atoms with van der Waals surface area (Å²) in [6.07, 6.45) is 0.963. The molecule has 0 aliphatic carbocycles. The zero-order valence-corrected chi connectivity index (χ0v) is 13.2. The molecule has 0 unspecified atom stereocenters. The lowest BCUT2D eigenvalue weighted by Crippen LogP contribution is -2.30. The lowest BCUT2D eigenvalue weighted by molar-refractivity contribution is 0.234.